The zero-order valence-electron chi connectivity index (χ0n) is 11.8. The van der Waals surface area contributed by atoms with Crippen molar-refractivity contribution in [3.05, 3.63) is 65.3 Å². The molecule has 3 aromatic rings. The summed E-state index contributed by atoms with van der Waals surface area (Å²) < 4.78 is 27.1. The standard InChI is InChI=1S/C16H14ClNO3S/c1-11(19)16-10-12-9-13(17)7-8-15(12)18(16)22(20,21)14-5-3-2-4-6-14/h2-11,19H,1H3. The van der Waals surface area contributed by atoms with Crippen LogP contribution in [0.15, 0.2) is 59.5 Å². The van der Waals surface area contributed by atoms with Crippen molar-refractivity contribution in [3.63, 3.8) is 0 Å². The SMILES string of the molecule is CC(O)c1cc2cc(Cl)ccc2n1S(=O)(=O)c1ccccc1. The lowest BCUT2D eigenvalue weighted by Gasteiger charge is -2.13. The van der Waals surface area contributed by atoms with Gasteiger partial charge in [-0.05, 0) is 43.3 Å². The summed E-state index contributed by atoms with van der Waals surface area (Å²) in [5.74, 6) is 0. The highest BCUT2D eigenvalue weighted by atomic mass is 35.5. The lowest BCUT2D eigenvalue weighted by Crippen LogP contribution is -2.16. The van der Waals surface area contributed by atoms with E-state index in [1.807, 2.05) is 0 Å². The van der Waals surface area contributed by atoms with Crippen LogP contribution in [-0.2, 0) is 10.0 Å². The Morgan fingerprint density at radius 2 is 1.77 bits per heavy atom. The molecule has 6 heteroatoms. The van der Waals surface area contributed by atoms with Crippen molar-refractivity contribution in [2.45, 2.75) is 17.9 Å². The maximum Gasteiger partial charge on any atom is 0.268 e. The molecule has 0 radical (unpaired) electrons. The van der Waals surface area contributed by atoms with Gasteiger partial charge in [-0.2, -0.15) is 0 Å². The predicted octanol–water partition coefficient (Wildman–Crippen LogP) is 3.59. The molecule has 4 nitrogen and oxygen atoms in total. The number of fused-ring (bicyclic) bond motifs is 1. The van der Waals surface area contributed by atoms with Gasteiger partial charge in [0.15, 0.2) is 0 Å². The lowest BCUT2D eigenvalue weighted by molar-refractivity contribution is 0.193. The van der Waals surface area contributed by atoms with Gasteiger partial charge in [0.1, 0.15) is 0 Å². The van der Waals surface area contributed by atoms with E-state index in [1.54, 1.807) is 42.5 Å². The molecule has 2 aromatic carbocycles. The minimum atomic E-state index is -3.80. The number of halogens is 1. The van der Waals surface area contributed by atoms with Crippen LogP contribution in [0, 0.1) is 0 Å². The van der Waals surface area contributed by atoms with E-state index in [4.69, 9.17) is 11.6 Å². The fourth-order valence-corrected chi connectivity index (χ4v) is 4.24. The summed E-state index contributed by atoms with van der Waals surface area (Å²) in [4.78, 5) is 0.171. The Hall–Kier alpha value is -1.82. The molecule has 0 saturated carbocycles. The quantitative estimate of drug-likeness (QED) is 0.795. The molecule has 0 amide bonds. The second-order valence-electron chi connectivity index (χ2n) is 5.03. The summed E-state index contributed by atoms with van der Waals surface area (Å²) in [6.45, 7) is 1.53. The zero-order valence-corrected chi connectivity index (χ0v) is 13.3. The summed E-state index contributed by atoms with van der Waals surface area (Å²) in [5, 5.41) is 11.1. The molecule has 0 aliphatic heterocycles. The second kappa shape index (κ2) is 5.43. The van der Waals surface area contributed by atoms with Crippen LogP contribution in [0.25, 0.3) is 10.9 Å². The minimum Gasteiger partial charge on any atom is -0.387 e. The van der Waals surface area contributed by atoms with Gasteiger partial charge in [-0.15, -0.1) is 0 Å². The van der Waals surface area contributed by atoms with Crippen molar-refractivity contribution in [3.8, 4) is 0 Å². The first kappa shape index (κ1) is 15.1. The third-order valence-corrected chi connectivity index (χ3v) is 5.45. The van der Waals surface area contributed by atoms with Crippen molar-refractivity contribution in [2.24, 2.45) is 0 Å². The molecule has 1 unspecified atom stereocenters. The van der Waals surface area contributed by atoms with E-state index in [9.17, 15) is 13.5 Å². The first-order chi connectivity index (χ1) is 10.4. The Kier molecular flexibility index (Phi) is 3.72. The van der Waals surface area contributed by atoms with E-state index in [2.05, 4.69) is 0 Å². The van der Waals surface area contributed by atoms with Crippen LogP contribution < -0.4 is 0 Å². The topological polar surface area (TPSA) is 59.3 Å². The van der Waals surface area contributed by atoms with Crippen molar-refractivity contribution < 1.29 is 13.5 Å². The monoisotopic (exact) mass is 335 g/mol. The lowest BCUT2D eigenvalue weighted by atomic mass is 10.2. The summed E-state index contributed by atoms with van der Waals surface area (Å²) in [5.41, 5.74) is 0.797. The molecule has 1 heterocycles. The highest BCUT2D eigenvalue weighted by Gasteiger charge is 2.24. The van der Waals surface area contributed by atoms with Gasteiger partial charge in [0.2, 0.25) is 0 Å². The molecule has 22 heavy (non-hydrogen) atoms. The number of rotatable bonds is 3. The van der Waals surface area contributed by atoms with Crippen LogP contribution in [0.3, 0.4) is 0 Å². The van der Waals surface area contributed by atoms with Crippen LogP contribution in [0.1, 0.15) is 18.7 Å². The van der Waals surface area contributed by atoms with Crippen molar-refractivity contribution in [1.29, 1.82) is 0 Å². The molecule has 1 N–H and O–H groups in total. The normalized spacial score (nSPS) is 13.4. The molecule has 0 spiro atoms. The Morgan fingerprint density at radius 3 is 2.41 bits per heavy atom. The van der Waals surface area contributed by atoms with Crippen LogP contribution in [0.4, 0.5) is 0 Å². The van der Waals surface area contributed by atoms with Gasteiger partial charge < -0.3 is 5.11 Å². The van der Waals surface area contributed by atoms with Crippen LogP contribution in [-0.4, -0.2) is 17.5 Å². The maximum absolute atomic E-state index is 12.9. The van der Waals surface area contributed by atoms with Gasteiger partial charge in [-0.3, -0.25) is 0 Å². The molecule has 1 atom stereocenters. The zero-order chi connectivity index (χ0) is 15.9. The Morgan fingerprint density at radius 1 is 1.09 bits per heavy atom. The summed E-state index contributed by atoms with van der Waals surface area (Å²) >= 11 is 5.97. The molecule has 114 valence electrons. The number of nitrogens with zero attached hydrogens (tertiary/aromatic N) is 1. The van der Waals surface area contributed by atoms with E-state index in [0.29, 0.717) is 21.6 Å². The fraction of sp³-hybridized carbons (Fsp3) is 0.125. The largest absolute Gasteiger partial charge is 0.387 e. The van der Waals surface area contributed by atoms with Gasteiger partial charge in [-0.25, -0.2) is 12.4 Å². The van der Waals surface area contributed by atoms with E-state index < -0.39 is 16.1 Å². The Bertz CT molecular complexity index is 931. The van der Waals surface area contributed by atoms with Crippen molar-refractivity contribution >= 4 is 32.5 Å². The number of hydrogen-bond acceptors (Lipinski definition) is 3. The first-order valence-corrected chi connectivity index (χ1v) is 8.52. The molecule has 0 fully saturated rings. The summed E-state index contributed by atoms with van der Waals surface area (Å²) in [6.07, 6.45) is -0.926. The average Bonchev–Trinajstić information content (AvgIpc) is 2.87. The third kappa shape index (κ3) is 2.41. The average molecular weight is 336 g/mol. The molecular formula is C16H14ClNO3S. The number of aromatic nitrogens is 1. The van der Waals surface area contributed by atoms with Gasteiger partial charge in [0, 0.05) is 10.4 Å². The Balaban J connectivity index is 2.36. The fourth-order valence-electron chi connectivity index (χ4n) is 2.44. The Labute approximate surface area is 133 Å². The maximum atomic E-state index is 12.9. The summed E-state index contributed by atoms with van der Waals surface area (Å²) in [7, 11) is -3.80. The highest BCUT2D eigenvalue weighted by Crippen LogP contribution is 2.30. The van der Waals surface area contributed by atoms with E-state index in [-0.39, 0.29) is 4.90 Å². The molecule has 0 bridgehead atoms. The minimum absolute atomic E-state index is 0.171. The highest BCUT2D eigenvalue weighted by molar-refractivity contribution is 7.90. The van der Waals surface area contributed by atoms with E-state index >= 15 is 0 Å². The number of hydrogen-bond donors (Lipinski definition) is 1. The van der Waals surface area contributed by atoms with Gasteiger partial charge in [0.05, 0.1) is 22.2 Å². The molecule has 0 saturated heterocycles. The number of benzene rings is 2. The second-order valence-corrected chi connectivity index (χ2v) is 7.25. The smallest absolute Gasteiger partial charge is 0.268 e. The first-order valence-electron chi connectivity index (χ1n) is 6.71. The third-order valence-electron chi connectivity index (χ3n) is 3.46. The van der Waals surface area contributed by atoms with E-state index in [0.717, 1.165) is 0 Å². The number of aliphatic hydroxyl groups is 1. The molecular weight excluding hydrogens is 322 g/mol. The summed E-state index contributed by atoms with van der Waals surface area (Å²) in [6, 6.07) is 14.7. The van der Waals surface area contributed by atoms with E-state index in [1.165, 1.54) is 23.0 Å². The molecule has 1 aromatic heterocycles. The van der Waals surface area contributed by atoms with Gasteiger partial charge >= 0.3 is 0 Å². The van der Waals surface area contributed by atoms with Crippen molar-refractivity contribution in [2.75, 3.05) is 0 Å². The molecule has 0 aliphatic rings. The van der Waals surface area contributed by atoms with Gasteiger partial charge in [0.25, 0.3) is 10.0 Å². The molecule has 3 rings (SSSR count). The van der Waals surface area contributed by atoms with Crippen LogP contribution in [0.5, 0.6) is 0 Å². The van der Waals surface area contributed by atoms with Gasteiger partial charge in [-0.1, -0.05) is 29.8 Å². The number of aliphatic hydroxyl groups excluding tert-OH is 1. The van der Waals surface area contributed by atoms with Crippen LogP contribution >= 0.6 is 11.6 Å². The predicted molar refractivity (Wildman–Crippen MR) is 86.6 cm³/mol. The molecule has 0 aliphatic carbocycles. The van der Waals surface area contributed by atoms with Crippen molar-refractivity contribution in [1.82, 2.24) is 3.97 Å². The van der Waals surface area contributed by atoms with Crippen LogP contribution in [0.2, 0.25) is 5.02 Å².